The summed E-state index contributed by atoms with van der Waals surface area (Å²) in [6, 6.07) is 8.85. The summed E-state index contributed by atoms with van der Waals surface area (Å²) in [5.41, 5.74) is 2.61. The molecule has 0 radical (unpaired) electrons. The van der Waals surface area contributed by atoms with Crippen molar-refractivity contribution in [3.05, 3.63) is 52.3 Å². The minimum absolute atomic E-state index is 0.116. The van der Waals surface area contributed by atoms with Crippen molar-refractivity contribution in [3.63, 3.8) is 0 Å². The van der Waals surface area contributed by atoms with Gasteiger partial charge in [-0.05, 0) is 37.8 Å². The molecule has 26 heavy (non-hydrogen) atoms. The number of aryl methyl sites for hydroxylation is 1. The average molecular weight is 356 g/mol. The molecule has 6 heteroatoms. The van der Waals surface area contributed by atoms with Crippen LogP contribution in [0.15, 0.2) is 36.5 Å². The fraction of sp³-hybridized carbons (Fsp3) is 0.450. The van der Waals surface area contributed by atoms with E-state index < -0.39 is 0 Å². The van der Waals surface area contributed by atoms with E-state index in [4.69, 9.17) is 4.74 Å². The zero-order chi connectivity index (χ0) is 18.7. The van der Waals surface area contributed by atoms with Crippen molar-refractivity contribution in [2.75, 3.05) is 7.11 Å². The molecule has 6 nitrogen and oxygen atoms in total. The molecule has 0 saturated heterocycles. The molecule has 0 bridgehead atoms. The Labute approximate surface area is 152 Å². The van der Waals surface area contributed by atoms with E-state index in [1.165, 1.54) is 7.11 Å². The Balaban J connectivity index is 2.11. The number of nitro benzene ring substituents is 1. The molecule has 3 rings (SSSR count). The molecule has 2 heterocycles. The van der Waals surface area contributed by atoms with Gasteiger partial charge in [-0.3, -0.25) is 14.9 Å². The van der Waals surface area contributed by atoms with Crippen LogP contribution in [0.1, 0.15) is 44.7 Å². The first-order valence-corrected chi connectivity index (χ1v) is 9.02. The molecule has 2 aromatic rings. The van der Waals surface area contributed by atoms with Crippen molar-refractivity contribution in [2.24, 2.45) is 0 Å². The first-order chi connectivity index (χ1) is 12.5. The number of esters is 1. The molecule has 0 fully saturated rings. The van der Waals surface area contributed by atoms with Gasteiger partial charge in [0.2, 0.25) is 0 Å². The number of benzene rings is 1. The van der Waals surface area contributed by atoms with Crippen LogP contribution in [-0.4, -0.2) is 22.6 Å². The van der Waals surface area contributed by atoms with Crippen molar-refractivity contribution < 1.29 is 14.5 Å². The monoisotopic (exact) mass is 356 g/mol. The fourth-order valence-electron chi connectivity index (χ4n) is 4.24. The van der Waals surface area contributed by atoms with E-state index in [0.29, 0.717) is 18.4 Å². The molecular formula is C20H24N2O4. The summed E-state index contributed by atoms with van der Waals surface area (Å²) in [4.78, 5) is 22.9. The minimum atomic E-state index is -0.329. The van der Waals surface area contributed by atoms with E-state index in [-0.39, 0.29) is 22.0 Å². The number of aromatic nitrogens is 1. The maximum absolute atomic E-state index is 11.7. The summed E-state index contributed by atoms with van der Waals surface area (Å²) in [5.74, 6) is -0.214. The topological polar surface area (TPSA) is 74.4 Å². The van der Waals surface area contributed by atoms with Gasteiger partial charge in [0.25, 0.3) is 5.69 Å². The van der Waals surface area contributed by atoms with Gasteiger partial charge >= 0.3 is 5.97 Å². The third-order valence-corrected chi connectivity index (χ3v) is 5.62. The number of hydrogen-bond acceptors (Lipinski definition) is 4. The van der Waals surface area contributed by atoms with Crippen molar-refractivity contribution in [3.8, 4) is 11.1 Å². The predicted octanol–water partition coefficient (Wildman–Crippen LogP) is 4.46. The summed E-state index contributed by atoms with van der Waals surface area (Å²) >= 11 is 0. The molecule has 1 aliphatic heterocycles. The molecule has 0 N–H and O–H groups in total. The lowest BCUT2D eigenvalue weighted by atomic mass is 9.70. The largest absolute Gasteiger partial charge is 0.469 e. The van der Waals surface area contributed by atoms with Gasteiger partial charge < -0.3 is 9.30 Å². The summed E-state index contributed by atoms with van der Waals surface area (Å²) in [7, 11) is 1.41. The van der Waals surface area contributed by atoms with Crippen LogP contribution >= 0.6 is 0 Å². The summed E-state index contributed by atoms with van der Waals surface area (Å²) in [5, 5.41) is 11.5. The molecular weight excluding hydrogens is 332 g/mol. The zero-order valence-corrected chi connectivity index (χ0v) is 15.2. The number of ether oxygens (including phenoxy) is 1. The van der Waals surface area contributed by atoms with E-state index in [1.54, 1.807) is 12.1 Å². The highest BCUT2D eigenvalue weighted by Gasteiger charge is 2.39. The molecule has 0 spiro atoms. The van der Waals surface area contributed by atoms with E-state index >= 15 is 0 Å². The third-order valence-electron chi connectivity index (χ3n) is 5.62. The summed E-state index contributed by atoms with van der Waals surface area (Å²) < 4.78 is 7.04. The number of methoxy groups -OCH3 is 1. The van der Waals surface area contributed by atoms with E-state index in [0.717, 1.165) is 37.1 Å². The van der Waals surface area contributed by atoms with Gasteiger partial charge in [-0.25, -0.2) is 0 Å². The van der Waals surface area contributed by atoms with Crippen LogP contribution in [-0.2, 0) is 21.5 Å². The smallest absolute Gasteiger partial charge is 0.305 e. The van der Waals surface area contributed by atoms with Crippen LogP contribution in [0.3, 0.4) is 0 Å². The maximum atomic E-state index is 11.7. The second-order valence-electron chi connectivity index (χ2n) is 6.86. The molecule has 1 aliphatic rings. The summed E-state index contributed by atoms with van der Waals surface area (Å²) in [6.45, 7) is 3.03. The van der Waals surface area contributed by atoms with Gasteiger partial charge in [0, 0.05) is 41.9 Å². The van der Waals surface area contributed by atoms with Gasteiger partial charge in [0.05, 0.1) is 17.6 Å². The number of carbonyl (C=O) groups excluding carboxylic acids is 1. The zero-order valence-electron chi connectivity index (χ0n) is 15.2. The Morgan fingerprint density at radius 2 is 2.08 bits per heavy atom. The lowest BCUT2D eigenvalue weighted by Crippen LogP contribution is -2.34. The van der Waals surface area contributed by atoms with Gasteiger partial charge in [-0.1, -0.05) is 19.1 Å². The van der Waals surface area contributed by atoms with Crippen LogP contribution in [0.2, 0.25) is 0 Å². The van der Waals surface area contributed by atoms with Crippen molar-refractivity contribution in [1.82, 2.24) is 4.57 Å². The van der Waals surface area contributed by atoms with Crippen molar-refractivity contribution in [1.29, 1.82) is 0 Å². The van der Waals surface area contributed by atoms with E-state index in [1.807, 2.05) is 24.4 Å². The molecule has 0 amide bonds. The second kappa shape index (κ2) is 7.32. The first-order valence-electron chi connectivity index (χ1n) is 9.02. The Bertz CT molecular complexity index is 827. The van der Waals surface area contributed by atoms with Gasteiger partial charge in [0.15, 0.2) is 0 Å². The SMILES string of the molecule is CC[C@]1(CCC(=O)OC)CCCn2ccc(-c3ccccc3[N+](=O)[O-])c21. The molecule has 138 valence electrons. The second-order valence-corrected chi connectivity index (χ2v) is 6.86. The molecule has 0 saturated carbocycles. The number of para-hydroxylation sites is 1. The van der Waals surface area contributed by atoms with Crippen LogP contribution in [0.25, 0.3) is 11.1 Å². The fourth-order valence-corrected chi connectivity index (χ4v) is 4.24. The quantitative estimate of drug-likeness (QED) is 0.435. The lowest BCUT2D eigenvalue weighted by Gasteiger charge is -2.39. The highest BCUT2D eigenvalue weighted by molar-refractivity contribution is 5.77. The highest BCUT2D eigenvalue weighted by Crippen LogP contribution is 2.47. The molecule has 0 unspecified atom stereocenters. The minimum Gasteiger partial charge on any atom is -0.469 e. The number of rotatable bonds is 6. The number of carbonyl (C=O) groups is 1. The Morgan fingerprint density at radius 1 is 1.31 bits per heavy atom. The standard InChI is InChI=1S/C20H24N2O4/c1-3-20(12-9-18(23)26-2)11-6-13-21-14-10-16(19(20)21)15-7-4-5-8-17(15)22(24)25/h4-5,7-8,10,14H,3,6,9,11-13H2,1-2H3/t20-/m1/s1. The molecule has 1 aromatic heterocycles. The van der Waals surface area contributed by atoms with Crippen LogP contribution < -0.4 is 0 Å². The Kier molecular flexibility index (Phi) is 5.11. The number of hydrogen-bond donors (Lipinski definition) is 0. The lowest BCUT2D eigenvalue weighted by molar-refractivity contribution is -0.384. The van der Waals surface area contributed by atoms with Crippen LogP contribution in [0, 0.1) is 10.1 Å². The van der Waals surface area contributed by atoms with Gasteiger partial charge in [-0.2, -0.15) is 0 Å². The number of nitrogens with zero attached hydrogens (tertiary/aromatic N) is 2. The highest BCUT2D eigenvalue weighted by atomic mass is 16.6. The van der Waals surface area contributed by atoms with E-state index in [2.05, 4.69) is 11.5 Å². The Morgan fingerprint density at radius 3 is 2.77 bits per heavy atom. The Hall–Kier alpha value is -2.63. The predicted molar refractivity (Wildman–Crippen MR) is 99.0 cm³/mol. The van der Waals surface area contributed by atoms with Gasteiger partial charge in [-0.15, -0.1) is 0 Å². The first kappa shape index (κ1) is 18.2. The normalized spacial score (nSPS) is 19.0. The van der Waals surface area contributed by atoms with E-state index in [9.17, 15) is 14.9 Å². The van der Waals surface area contributed by atoms with Crippen molar-refractivity contribution in [2.45, 2.75) is 51.0 Å². The van der Waals surface area contributed by atoms with Crippen molar-refractivity contribution >= 4 is 11.7 Å². The molecule has 1 aromatic carbocycles. The molecule has 1 atom stereocenters. The number of nitro groups is 1. The van der Waals surface area contributed by atoms with Crippen LogP contribution in [0.4, 0.5) is 5.69 Å². The van der Waals surface area contributed by atoms with Crippen LogP contribution in [0.5, 0.6) is 0 Å². The third kappa shape index (κ3) is 3.11. The molecule has 0 aliphatic carbocycles. The maximum Gasteiger partial charge on any atom is 0.305 e. The summed E-state index contributed by atoms with van der Waals surface area (Å²) in [6.07, 6.45) is 5.94. The van der Waals surface area contributed by atoms with Gasteiger partial charge in [0.1, 0.15) is 0 Å². The number of fused-ring (bicyclic) bond motifs is 1. The average Bonchev–Trinajstić information content (AvgIpc) is 3.11.